The van der Waals surface area contributed by atoms with Crippen molar-refractivity contribution in [2.45, 2.75) is 52.9 Å². The van der Waals surface area contributed by atoms with Gasteiger partial charge in [-0.05, 0) is 51.8 Å². The molecule has 30 heavy (non-hydrogen) atoms. The summed E-state index contributed by atoms with van der Waals surface area (Å²) in [5, 5.41) is 15.1. The Kier molecular flexibility index (Phi) is 6.86. The lowest BCUT2D eigenvalue weighted by atomic mass is 9.90. The molecule has 0 bridgehead atoms. The Balaban J connectivity index is 2.63. The number of halogens is 3. The average molecular weight is 426 g/mol. The summed E-state index contributed by atoms with van der Waals surface area (Å²) < 4.78 is 49.0. The lowest BCUT2D eigenvalue weighted by molar-refractivity contribution is -0.273. The van der Waals surface area contributed by atoms with E-state index in [1.807, 2.05) is 18.9 Å². The molecule has 1 unspecified atom stereocenters. The quantitative estimate of drug-likeness (QED) is 0.533. The molecule has 9 heteroatoms. The molecule has 1 aromatic heterocycles. The first-order chi connectivity index (χ1) is 13.9. The van der Waals surface area contributed by atoms with Crippen molar-refractivity contribution >= 4 is 12.0 Å². The van der Waals surface area contributed by atoms with E-state index in [9.17, 15) is 18.3 Å². The van der Waals surface area contributed by atoms with Crippen LogP contribution in [0.4, 0.5) is 18.9 Å². The summed E-state index contributed by atoms with van der Waals surface area (Å²) in [5.74, 6) is -0.0926. The molecule has 0 aliphatic heterocycles. The number of ether oxygens (including phenoxy) is 1. The second-order valence-electron chi connectivity index (χ2n) is 7.47. The van der Waals surface area contributed by atoms with Gasteiger partial charge in [-0.1, -0.05) is 0 Å². The number of methoxy groups -OCH3 is 1. The Morgan fingerprint density at radius 3 is 2.33 bits per heavy atom. The zero-order valence-corrected chi connectivity index (χ0v) is 18.4. The molecule has 2 rings (SSSR count). The first-order valence-electron chi connectivity index (χ1n) is 9.59. The molecule has 0 radical (unpaired) electrons. The van der Waals surface area contributed by atoms with Crippen molar-refractivity contribution in [1.82, 2.24) is 14.7 Å². The van der Waals surface area contributed by atoms with Crippen molar-refractivity contribution in [2.24, 2.45) is 4.99 Å². The molecular formula is C21H29F3N4O2. The van der Waals surface area contributed by atoms with Gasteiger partial charge < -0.3 is 14.7 Å². The molecule has 0 amide bonds. The van der Waals surface area contributed by atoms with Crippen molar-refractivity contribution in [3.8, 4) is 5.75 Å². The topological polar surface area (TPSA) is 62.9 Å². The Bertz CT molecular complexity index is 937. The van der Waals surface area contributed by atoms with Crippen molar-refractivity contribution in [3.63, 3.8) is 0 Å². The fourth-order valence-corrected chi connectivity index (χ4v) is 3.04. The zero-order chi connectivity index (χ0) is 22.9. The third-order valence-electron chi connectivity index (χ3n) is 5.45. The Morgan fingerprint density at radius 2 is 1.87 bits per heavy atom. The number of aliphatic hydroxyl groups is 1. The molecule has 0 saturated carbocycles. The van der Waals surface area contributed by atoms with Gasteiger partial charge in [-0.15, -0.1) is 0 Å². The van der Waals surface area contributed by atoms with Gasteiger partial charge in [0, 0.05) is 30.9 Å². The average Bonchev–Trinajstić information content (AvgIpc) is 2.91. The predicted molar refractivity (Wildman–Crippen MR) is 111 cm³/mol. The maximum atomic E-state index is 14.2. The minimum atomic E-state index is -4.96. The number of hydrogen-bond acceptors (Lipinski definition) is 4. The van der Waals surface area contributed by atoms with Crippen LogP contribution in [-0.4, -0.2) is 53.0 Å². The van der Waals surface area contributed by atoms with E-state index < -0.39 is 18.3 Å². The summed E-state index contributed by atoms with van der Waals surface area (Å²) in [6, 6.07) is 2.69. The summed E-state index contributed by atoms with van der Waals surface area (Å²) >= 11 is 0. The van der Waals surface area contributed by atoms with Gasteiger partial charge in [-0.2, -0.15) is 18.3 Å². The summed E-state index contributed by atoms with van der Waals surface area (Å²) in [7, 11) is 3.10. The summed E-state index contributed by atoms with van der Waals surface area (Å²) in [6.45, 7) is 8.72. The number of aliphatic imine (C=N–C) groups is 1. The molecular weight excluding hydrogens is 397 g/mol. The maximum Gasteiger partial charge on any atom is 0.423 e. The third kappa shape index (κ3) is 4.45. The SMILES string of the molecule is CCN(C)C=Nc1cc(OC)c(C(O)(Cn2nc(C)c(C)c2C)C(F)(F)F)cc1C. The lowest BCUT2D eigenvalue weighted by Crippen LogP contribution is -2.46. The van der Waals surface area contributed by atoms with Crippen LogP contribution >= 0.6 is 0 Å². The van der Waals surface area contributed by atoms with Gasteiger partial charge in [0.25, 0.3) is 0 Å². The Labute approximate surface area is 175 Å². The van der Waals surface area contributed by atoms with Crippen molar-refractivity contribution in [1.29, 1.82) is 0 Å². The minimum absolute atomic E-state index is 0.0926. The van der Waals surface area contributed by atoms with E-state index in [1.54, 1.807) is 34.0 Å². The highest BCUT2D eigenvalue weighted by Gasteiger charge is 2.57. The van der Waals surface area contributed by atoms with Crippen LogP contribution in [0.5, 0.6) is 5.75 Å². The van der Waals surface area contributed by atoms with E-state index in [0.29, 0.717) is 22.6 Å². The molecule has 0 fully saturated rings. The smallest absolute Gasteiger partial charge is 0.423 e. The van der Waals surface area contributed by atoms with E-state index in [2.05, 4.69) is 10.1 Å². The van der Waals surface area contributed by atoms with Crippen LogP contribution in [0.2, 0.25) is 0 Å². The lowest BCUT2D eigenvalue weighted by Gasteiger charge is -2.32. The maximum absolute atomic E-state index is 14.2. The van der Waals surface area contributed by atoms with Crippen molar-refractivity contribution < 1.29 is 23.0 Å². The van der Waals surface area contributed by atoms with Crippen molar-refractivity contribution in [3.05, 3.63) is 40.2 Å². The largest absolute Gasteiger partial charge is 0.496 e. The highest BCUT2D eigenvalue weighted by Crippen LogP contribution is 2.46. The summed E-state index contributed by atoms with van der Waals surface area (Å²) in [4.78, 5) is 6.15. The summed E-state index contributed by atoms with van der Waals surface area (Å²) in [5.41, 5.74) is -0.655. The molecule has 1 N–H and O–H groups in total. The molecule has 6 nitrogen and oxygen atoms in total. The molecule has 166 valence electrons. The second-order valence-corrected chi connectivity index (χ2v) is 7.47. The van der Waals surface area contributed by atoms with Gasteiger partial charge in [0.1, 0.15) is 5.75 Å². The van der Waals surface area contributed by atoms with Crippen LogP contribution in [0.25, 0.3) is 0 Å². The molecule has 0 aliphatic carbocycles. The molecule has 2 aromatic rings. The van der Waals surface area contributed by atoms with Crippen LogP contribution in [0.15, 0.2) is 17.1 Å². The number of nitrogens with zero attached hydrogens (tertiary/aromatic N) is 4. The van der Waals surface area contributed by atoms with Gasteiger partial charge in [0.2, 0.25) is 5.60 Å². The first kappa shape index (κ1) is 23.7. The van der Waals surface area contributed by atoms with Crippen LogP contribution < -0.4 is 4.74 Å². The van der Waals surface area contributed by atoms with E-state index in [0.717, 1.165) is 12.1 Å². The molecule has 0 aliphatic rings. The van der Waals surface area contributed by atoms with Gasteiger partial charge >= 0.3 is 6.18 Å². The van der Waals surface area contributed by atoms with Crippen molar-refractivity contribution in [2.75, 3.05) is 20.7 Å². The molecule has 0 saturated heterocycles. The molecule has 1 aromatic carbocycles. The third-order valence-corrected chi connectivity index (χ3v) is 5.45. The monoisotopic (exact) mass is 426 g/mol. The van der Waals surface area contributed by atoms with Crippen LogP contribution in [0.1, 0.15) is 35.0 Å². The number of alkyl halides is 3. The van der Waals surface area contributed by atoms with Crippen LogP contribution in [0.3, 0.4) is 0 Å². The number of rotatable bonds is 7. The second kappa shape index (κ2) is 8.67. The van der Waals surface area contributed by atoms with Gasteiger partial charge in [-0.3, -0.25) is 4.68 Å². The van der Waals surface area contributed by atoms with Gasteiger partial charge in [0.15, 0.2) is 0 Å². The zero-order valence-electron chi connectivity index (χ0n) is 18.4. The highest BCUT2D eigenvalue weighted by molar-refractivity contribution is 5.65. The fourth-order valence-electron chi connectivity index (χ4n) is 3.04. The number of hydrogen-bond donors (Lipinski definition) is 1. The van der Waals surface area contributed by atoms with E-state index in [1.165, 1.54) is 23.9 Å². The minimum Gasteiger partial charge on any atom is -0.496 e. The molecule has 1 heterocycles. The highest BCUT2D eigenvalue weighted by atomic mass is 19.4. The van der Waals surface area contributed by atoms with Crippen LogP contribution in [-0.2, 0) is 12.1 Å². The van der Waals surface area contributed by atoms with Gasteiger partial charge in [0.05, 0.1) is 31.4 Å². The van der Waals surface area contributed by atoms with E-state index in [-0.39, 0.29) is 11.3 Å². The normalized spacial score (nSPS) is 14.2. The van der Waals surface area contributed by atoms with Crippen LogP contribution in [0, 0.1) is 27.7 Å². The van der Waals surface area contributed by atoms with E-state index >= 15 is 0 Å². The Hall–Kier alpha value is -2.55. The number of aromatic nitrogens is 2. The summed E-state index contributed by atoms with van der Waals surface area (Å²) in [6.07, 6.45) is -3.36. The van der Waals surface area contributed by atoms with Gasteiger partial charge in [-0.25, -0.2) is 4.99 Å². The fraction of sp³-hybridized carbons (Fsp3) is 0.524. The predicted octanol–water partition coefficient (Wildman–Crippen LogP) is 4.19. The molecule has 0 spiro atoms. The standard InChI is InChI=1S/C21H29F3N4O2/c1-8-27(6)12-25-18-10-19(30-7)17(9-13(18)2)20(29,21(22,23)24)11-28-16(5)14(3)15(4)26-28/h9-10,12,29H,8,11H2,1-7H3. The number of benzene rings is 1. The Morgan fingerprint density at radius 1 is 1.23 bits per heavy atom. The first-order valence-corrected chi connectivity index (χ1v) is 9.59. The van der Waals surface area contributed by atoms with E-state index in [4.69, 9.17) is 4.74 Å². The molecule has 1 atom stereocenters. The number of aryl methyl sites for hydroxylation is 2.